The Kier molecular flexibility index (Phi) is 11.2. The highest BCUT2D eigenvalue weighted by Crippen LogP contribution is 2.39. The zero-order chi connectivity index (χ0) is 34.6. The number of aromatic nitrogens is 1. The predicted octanol–water partition coefficient (Wildman–Crippen LogP) is 6.26. The van der Waals surface area contributed by atoms with Crippen molar-refractivity contribution >= 4 is 45.2 Å². The molecule has 1 amide bonds. The van der Waals surface area contributed by atoms with Crippen LogP contribution in [0.4, 0.5) is 8.78 Å². The molecule has 3 aromatic rings. The van der Waals surface area contributed by atoms with Crippen LogP contribution < -0.4 is 18.4 Å². The molecule has 11 nitrogen and oxygen atoms in total. The third kappa shape index (κ3) is 8.97. The van der Waals surface area contributed by atoms with E-state index in [0.717, 1.165) is 19.1 Å². The number of nitrogens with zero attached hydrogens (tertiary/aromatic N) is 2. The number of pyridine rings is 1. The SMILES string of the molecule is COc1ccc(C(=O)N2CCCC2C(=O)OC(Cc2c(Cl)cncc2Cl)c2ccc(OC(F)F)c(OCC3CC3)c2)cc1OS(C)(=O)=O. The average Bonchev–Trinajstić information content (AvgIpc) is 3.73. The van der Waals surface area contributed by atoms with E-state index in [2.05, 4.69) is 9.72 Å². The fraction of sp³-hybridized carbons (Fsp3) is 0.406. The molecule has 5 rings (SSSR count). The van der Waals surface area contributed by atoms with Gasteiger partial charge >= 0.3 is 22.7 Å². The van der Waals surface area contributed by atoms with Crippen LogP contribution in [-0.4, -0.2) is 69.3 Å². The van der Waals surface area contributed by atoms with Crippen LogP contribution >= 0.6 is 23.2 Å². The van der Waals surface area contributed by atoms with Crippen molar-refractivity contribution in [1.29, 1.82) is 0 Å². The number of amides is 1. The third-order valence-corrected chi connectivity index (χ3v) is 8.90. The second-order valence-electron chi connectivity index (χ2n) is 11.4. The van der Waals surface area contributed by atoms with Crippen molar-refractivity contribution in [3.63, 3.8) is 0 Å². The molecule has 48 heavy (non-hydrogen) atoms. The van der Waals surface area contributed by atoms with Crippen molar-refractivity contribution in [2.45, 2.75) is 50.9 Å². The number of carbonyl (C=O) groups is 2. The highest BCUT2D eigenvalue weighted by atomic mass is 35.5. The Labute approximate surface area is 286 Å². The minimum atomic E-state index is -3.94. The maximum atomic E-state index is 13.8. The summed E-state index contributed by atoms with van der Waals surface area (Å²) in [6, 6.07) is 7.30. The molecule has 0 N–H and O–H groups in total. The summed E-state index contributed by atoms with van der Waals surface area (Å²) in [7, 11) is -2.62. The molecule has 1 aliphatic carbocycles. The Morgan fingerprint density at radius 2 is 1.71 bits per heavy atom. The number of benzene rings is 2. The zero-order valence-electron chi connectivity index (χ0n) is 25.9. The van der Waals surface area contributed by atoms with Gasteiger partial charge in [0.25, 0.3) is 5.91 Å². The lowest BCUT2D eigenvalue weighted by Gasteiger charge is -2.27. The van der Waals surface area contributed by atoms with Crippen molar-refractivity contribution in [2.75, 3.05) is 26.5 Å². The first-order chi connectivity index (χ1) is 22.8. The van der Waals surface area contributed by atoms with E-state index >= 15 is 0 Å². The van der Waals surface area contributed by atoms with Gasteiger partial charge in [-0.3, -0.25) is 9.78 Å². The maximum absolute atomic E-state index is 13.8. The maximum Gasteiger partial charge on any atom is 0.387 e. The summed E-state index contributed by atoms with van der Waals surface area (Å²) in [5, 5.41) is 0.436. The normalized spacial score (nSPS) is 16.8. The van der Waals surface area contributed by atoms with Crippen LogP contribution in [0.25, 0.3) is 0 Å². The second kappa shape index (κ2) is 15.1. The lowest BCUT2D eigenvalue weighted by Crippen LogP contribution is -2.42. The van der Waals surface area contributed by atoms with E-state index in [-0.39, 0.29) is 58.0 Å². The first-order valence-corrected chi connectivity index (χ1v) is 17.5. The topological polar surface area (TPSA) is 131 Å². The number of methoxy groups -OCH3 is 1. The molecule has 2 fully saturated rings. The number of rotatable bonds is 14. The van der Waals surface area contributed by atoms with E-state index in [1.807, 2.05) is 0 Å². The average molecular weight is 730 g/mol. The number of esters is 1. The lowest BCUT2D eigenvalue weighted by atomic mass is 10.0. The number of hydrogen-bond donors (Lipinski definition) is 0. The van der Waals surface area contributed by atoms with Gasteiger partial charge in [0.1, 0.15) is 12.1 Å². The molecule has 2 aliphatic rings. The molecular formula is C32H32Cl2F2N2O9S. The fourth-order valence-corrected chi connectivity index (χ4v) is 6.22. The molecule has 1 aromatic heterocycles. The van der Waals surface area contributed by atoms with Crippen LogP contribution in [0.1, 0.15) is 53.3 Å². The molecule has 0 spiro atoms. The smallest absolute Gasteiger partial charge is 0.387 e. The number of alkyl halides is 2. The minimum absolute atomic E-state index is 0.0195. The quantitative estimate of drug-likeness (QED) is 0.139. The Balaban J connectivity index is 1.43. The minimum Gasteiger partial charge on any atom is -0.493 e. The first kappa shape index (κ1) is 35.4. The van der Waals surface area contributed by atoms with Gasteiger partial charge in [0.05, 0.1) is 30.0 Å². The number of carbonyl (C=O) groups excluding carboxylic acids is 2. The molecule has 0 bridgehead atoms. The Morgan fingerprint density at radius 1 is 1.00 bits per heavy atom. The van der Waals surface area contributed by atoms with Crippen LogP contribution in [0.5, 0.6) is 23.0 Å². The van der Waals surface area contributed by atoms with Crippen molar-refractivity contribution in [3.8, 4) is 23.0 Å². The summed E-state index contributed by atoms with van der Waals surface area (Å²) in [4.78, 5) is 32.8. The van der Waals surface area contributed by atoms with Crippen LogP contribution in [0.3, 0.4) is 0 Å². The van der Waals surface area contributed by atoms with Crippen molar-refractivity contribution in [2.24, 2.45) is 5.92 Å². The van der Waals surface area contributed by atoms with Gasteiger partial charge in [0, 0.05) is 30.9 Å². The van der Waals surface area contributed by atoms with Crippen molar-refractivity contribution < 1.29 is 49.9 Å². The highest BCUT2D eigenvalue weighted by molar-refractivity contribution is 7.86. The third-order valence-electron chi connectivity index (χ3n) is 7.76. The molecule has 258 valence electrons. The highest BCUT2D eigenvalue weighted by Gasteiger charge is 2.38. The second-order valence-corrected chi connectivity index (χ2v) is 13.7. The van der Waals surface area contributed by atoms with Gasteiger partial charge in [-0.05, 0) is 73.1 Å². The zero-order valence-corrected chi connectivity index (χ0v) is 28.2. The molecule has 1 saturated heterocycles. The Bertz CT molecular complexity index is 1760. The number of likely N-dealkylation sites (tertiary alicyclic amines) is 1. The molecule has 16 heteroatoms. The molecular weight excluding hydrogens is 697 g/mol. The van der Waals surface area contributed by atoms with E-state index in [1.54, 1.807) is 0 Å². The van der Waals surface area contributed by atoms with Crippen LogP contribution in [0, 0.1) is 5.92 Å². The monoisotopic (exact) mass is 728 g/mol. The summed E-state index contributed by atoms with van der Waals surface area (Å²) < 4.78 is 76.7. The molecule has 1 saturated carbocycles. The van der Waals surface area contributed by atoms with Gasteiger partial charge in [-0.15, -0.1) is 0 Å². The van der Waals surface area contributed by atoms with E-state index < -0.39 is 40.8 Å². The molecule has 2 heterocycles. The van der Waals surface area contributed by atoms with Gasteiger partial charge in [-0.25, -0.2) is 4.79 Å². The van der Waals surface area contributed by atoms with E-state index in [4.69, 9.17) is 41.6 Å². The number of ether oxygens (including phenoxy) is 4. The Morgan fingerprint density at radius 3 is 2.35 bits per heavy atom. The molecule has 1 aliphatic heterocycles. The van der Waals surface area contributed by atoms with E-state index in [1.165, 1.54) is 60.8 Å². The Hall–Kier alpha value is -3.88. The molecule has 2 aromatic carbocycles. The van der Waals surface area contributed by atoms with Gasteiger partial charge in [-0.1, -0.05) is 29.3 Å². The standard InChI is InChI=1S/C32H32Cl2F2N2O9S/c1-43-25-9-8-20(13-29(25)47-48(2,41)42)30(39)38-11-3-4-24(38)31(40)45-27(14-21-22(33)15-37-16-23(21)34)19-7-10-26(46-32(35)36)28(12-19)44-17-18-5-6-18/h7-10,12-13,15-16,18,24,27,32H,3-6,11,14,17H2,1-2H3. The van der Waals surface area contributed by atoms with Gasteiger partial charge < -0.3 is 28.0 Å². The molecule has 0 radical (unpaired) electrons. The largest absolute Gasteiger partial charge is 0.493 e. The van der Waals surface area contributed by atoms with E-state index in [9.17, 15) is 26.8 Å². The summed E-state index contributed by atoms with van der Waals surface area (Å²) in [5.74, 6) is -1.20. The van der Waals surface area contributed by atoms with E-state index in [0.29, 0.717) is 30.1 Å². The van der Waals surface area contributed by atoms with Gasteiger partial charge in [-0.2, -0.15) is 17.2 Å². The van der Waals surface area contributed by atoms with Gasteiger partial charge in [0.2, 0.25) is 0 Å². The molecule has 2 unspecified atom stereocenters. The predicted molar refractivity (Wildman–Crippen MR) is 171 cm³/mol. The van der Waals surface area contributed by atoms with Crippen LogP contribution in [0.15, 0.2) is 48.8 Å². The van der Waals surface area contributed by atoms with Crippen LogP contribution in [-0.2, 0) is 26.1 Å². The van der Waals surface area contributed by atoms with Crippen molar-refractivity contribution in [3.05, 3.63) is 75.5 Å². The number of halogens is 4. The fourth-order valence-electron chi connectivity index (χ4n) is 5.25. The number of hydrogen-bond acceptors (Lipinski definition) is 10. The summed E-state index contributed by atoms with van der Waals surface area (Å²) in [6.45, 7) is -2.57. The summed E-state index contributed by atoms with van der Waals surface area (Å²) in [6.07, 6.45) is 5.26. The molecule has 2 atom stereocenters. The van der Waals surface area contributed by atoms with Crippen molar-refractivity contribution in [1.82, 2.24) is 9.88 Å². The first-order valence-electron chi connectivity index (χ1n) is 14.9. The summed E-state index contributed by atoms with van der Waals surface area (Å²) >= 11 is 12.8. The van der Waals surface area contributed by atoms with Gasteiger partial charge in [0.15, 0.2) is 23.0 Å². The lowest BCUT2D eigenvalue weighted by molar-refractivity contribution is -0.154. The van der Waals surface area contributed by atoms with Crippen LogP contribution in [0.2, 0.25) is 10.0 Å². The summed E-state index contributed by atoms with van der Waals surface area (Å²) in [5.41, 5.74) is 0.872.